The van der Waals surface area contributed by atoms with Crippen molar-refractivity contribution in [3.05, 3.63) is 59.1 Å². The third kappa shape index (κ3) is 4.00. The summed E-state index contributed by atoms with van der Waals surface area (Å²) in [6, 6.07) is 16.1. The van der Waals surface area contributed by atoms with E-state index in [9.17, 15) is 0 Å². The molecule has 114 valence electrons. The van der Waals surface area contributed by atoms with Crippen LogP contribution in [0.4, 0.5) is 0 Å². The van der Waals surface area contributed by atoms with Gasteiger partial charge in [0.05, 0.1) is 18.7 Å². The molecule has 0 radical (unpaired) electrons. The Labute approximate surface area is 144 Å². The van der Waals surface area contributed by atoms with Gasteiger partial charge in [0.1, 0.15) is 5.75 Å². The molecule has 0 spiro atoms. The van der Waals surface area contributed by atoms with Crippen LogP contribution in [-0.2, 0) is 0 Å². The molecule has 1 aliphatic heterocycles. The second kappa shape index (κ2) is 7.44. The Hall–Kier alpha value is -1.10. The largest absolute Gasteiger partial charge is 0.497 e. The maximum atomic E-state index is 5.91. The van der Waals surface area contributed by atoms with Gasteiger partial charge in [-0.05, 0) is 48.5 Å². The fourth-order valence-corrected chi connectivity index (χ4v) is 4.42. The van der Waals surface area contributed by atoms with Gasteiger partial charge in [0, 0.05) is 26.5 Å². The normalized spacial score (nSPS) is 17.4. The van der Waals surface area contributed by atoms with Gasteiger partial charge in [0.15, 0.2) is 0 Å². The molecule has 5 heteroatoms. The molecule has 2 aromatic rings. The number of hydrogen-bond donors (Lipinski definition) is 0. The molecule has 0 fully saturated rings. The number of nitrogens with zero attached hydrogens (tertiary/aromatic N) is 1. The quantitative estimate of drug-likeness (QED) is 0.709. The van der Waals surface area contributed by atoms with Gasteiger partial charge in [-0.3, -0.25) is 4.99 Å². The van der Waals surface area contributed by atoms with Crippen LogP contribution >= 0.6 is 35.1 Å². The third-order valence-corrected chi connectivity index (χ3v) is 6.18. The van der Waals surface area contributed by atoms with Gasteiger partial charge in [0.2, 0.25) is 0 Å². The number of aliphatic imine (C=N–C) groups is 1. The van der Waals surface area contributed by atoms with Crippen molar-refractivity contribution in [1.29, 1.82) is 0 Å². The zero-order valence-corrected chi connectivity index (χ0v) is 14.5. The highest BCUT2D eigenvalue weighted by molar-refractivity contribution is 8.16. The van der Waals surface area contributed by atoms with E-state index in [1.165, 1.54) is 10.5 Å². The van der Waals surface area contributed by atoms with Crippen LogP contribution in [0.2, 0.25) is 5.02 Å². The summed E-state index contributed by atoms with van der Waals surface area (Å²) in [7, 11) is 1.68. The van der Waals surface area contributed by atoms with Crippen LogP contribution in [0.1, 0.15) is 5.56 Å². The van der Waals surface area contributed by atoms with Crippen molar-refractivity contribution in [2.45, 2.75) is 10.1 Å². The summed E-state index contributed by atoms with van der Waals surface area (Å²) < 4.78 is 5.19. The van der Waals surface area contributed by atoms with Gasteiger partial charge in [-0.2, -0.15) is 0 Å². The Morgan fingerprint density at radius 3 is 2.59 bits per heavy atom. The maximum Gasteiger partial charge on any atom is 0.118 e. The standard InChI is InChI=1S/C17H16ClNOS2/c1-20-14-6-2-12(3-7-14)17-19-10-16(22-17)11-21-15-8-4-13(18)5-9-15/h2-9,16H,10-11H2,1H3. The summed E-state index contributed by atoms with van der Waals surface area (Å²) in [6.07, 6.45) is 0. The first-order valence-electron chi connectivity index (χ1n) is 6.98. The minimum Gasteiger partial charge on any atom is -0.497 e. The van der Waals surface area contributed by atoms with E-state index in [-0.39, 0.29) is 0 Å². The predicted octanol–water partition coefficient (Wildman–Crippen LogP) is 5.00. The molecule has 0 saturated carbocycles. The molecule has 0 saturated heterocycles. The Morgan fingerprint density at radius 2 is 1.91 bits per heavy atom. The van der Waals surface area contributed by atoms with Crippen LogP contribution in [0.5, 0.6) is 5.75 Å². The molecule has 2 aromatic carbocycles. The monoisotopic (exact) mass is 349 g/mol. The van der Waals surface area contributed by atoms with Crippen LogP contribution in [-0.4, -0.2) is 29.7 Å². The van der Waals surface area contributed by atoms with Crippen molar-refractivity contribution in [1.82, 2.24) is 0 Å². The highest BCUT2D eigenvalue weighted by Crippen LogP contribution is 2.31. The van der Waals surface area contributed by atoms with E-state index in [4.69, 9.17) is 16.3 Å². The fraction of sp³-hybridized carbons (Fsp3) is 0.235. The summed E-state index contributed by atoms with van der Waals surface area (Å²) in [5.41, 5.74) is 1.17. The third-order valence-electron chi connectivity index (χ3n) is 3.30. The van der Waals surface area contributed by atoms with Crippen LogP contribution in [0.25, 0.3) is 0 Å². The molecular formula is C17H16ClNOS2. The van der Waals surface area contributed by atoms with E-state index in [0.29, 0.717) is 5.25 Å². The SMILES string of the molecule is COc1ccc(C2=NCC(CSc3ccc(Cl)cc3)S2)cc1. The van der Waals surface area contributed by atoms with E-state index >= 15 is 0 Å². The average molecular weight is 350 g/mol. The van der Waals surface area contributed by atoms with Gasteiger partial charge in [-0.25, -0.2) is 0 Å². The number of ether oxygens (including phenoxy) is 1. The summed E-state index contributed by atoms with van der Waals surface area (Å²) in [6.45, 7) is 0.882. The minimum absolute atomic E-state index is 0.526. The van der Waals surface area contributed by atoms with Crippen LogP contribution < -0.4 is 4.74 Å². The Morgan fingerprint density at radius 1 is 1.18 bits per heavy atom. The summed E-state index contributed by atoms with van der Waals surface area (Å²) in [5, 5.41) is 2.44. The van der Waals surface area contributed by atoms with Crippen molar-refractivity contribution in [2.24, 2.45) is 4.99 Å². The van der Waals surface area contributed by atoms with Gasteiger partial charge in [0.25, 0.3) is 0 Å². The number of methoxy groups -OCH3 is 1. The molecule has 0 amide bonds. The second-order valence-electron chi connectivity index (χ2n) is 4.88. The van der Waals surface area contributed by atoms with E-state index in [1.54, 1.807) is 7.11 Å². The van der Waals surface area contributed by atoms with Crippen LogP contribution in [0, 0.1) is 0 Å². The first-order chi connectivity index (χ1) is 10.7. The highest BCUT2D eigenvalue weighted by Gasteiger charge is 2.20. The summed E-state index contributed by atoms with van der Waals surface area (Å²) in [4.78, 5) is 5.93. The van der Waals surface area contributed by atoms with Crippen LogP contribution in [0.15, 0.2) is 58.4 Å². The van der Waals surface area contributed by atoms with Gasteiger partial charge in [-0.15, -0.1) is 23.5 Å². The molecule has 3 rings (SSSR count). The number of rotatable bonds is 5. The van der Waals surface area contributed by atoms with E-state index in [0.717, 1.165) is 28.1 Å². The molecule has 22 heavy (non-hydrogen) atoms. The number of thioether (sulfide) groups is 2. The molecule has 0 aliphatic carbocycles. The Bertz CT molecular complexity index is 655. The molecule has 0 bridgehead atoms. The molecule has 2 nitrogen and oxygen atoms in total. The molecule has 0 N–H and O–H groups in total. The van der Waals surface area contributed by atoms with Crippen molar-refractivity contribution in [3.8, 4) is 5.75 Å². The molecular weight excluding hydrogens is 334 g/mol. The molecule has 1 unspecified atom stereocenters. The Kier molecular flexibility index (Phi) is 5.34. The van der Waals surface area contributed by atoms with Crippen molar-refractivity contribution in [3.63, 3.8) is 0 Å². The molecule has 1 aliphatic rings. The Balaban J connectivity index is 1.53. The average Bonchev–Trinajstić information content (AvgIpc) is 3.03. The van der Waals surface area contributed by atoms with Crippen molar-refractivity contribution in [2.75, 3.05) is 19.4 Å². The lowest BCUT2D eigenvalue weighted by molar-refractivity contribution is 0.415. The first-order valence-corrected chi connectivity index (χ1v) is 9.23. The lowest BCUT2D eigenvalue weighted by Crippen LogP contribution is -2.06. The highest BCUT2D eigenvalue weighted by atomic mass is 35.5. The zero-order valence-electron chi connectivity index (χ0n) is 12.2. The lowest BCUT2D eigenvalue weighted by atomic mass is 10.2. The fourth-order valence-electron chi connectivity index (χ4n) is 2.12. The smallest absolute Gasteiger partial charge is 0.118 e. The van der Waals surface area contributed by atoms with E-state index < -0.39 is 0 Å². The zero-order chi connectivity index (χ0) is 15.4. The van der Waals surface area contributed by atoms with E-state index in [1.807, 2.05) is 47.8 Å². The molecule has 1 heterocycles. The van der Waals surface area contributed by atoms with Gasteiger partial charge >= 0.3 is 0 Å². The number of benzene rings is 2. The topological polar surface area (TPSA) is 21.6 Å². The van der Waals surface area contributed by atoms with Crippen molar-refractivity contribution < 1.29 is 4.74 Å². The number of halogens is 1. The predicted molar refractivity (Wildman–Crippen MR) is 98.0 cm³/mol. The lowest BCUT2D eigenvalue weighted by Gasteiger charge is -2.08. The van der Waals surface area contributed by atoms with Gasteiger partial charge < -0.3 is 4.74 Å². The summed E-state index contributed by atoms with van der Waals surface area (Å²) in [5.74, 6) is 1.93. The number of hydrogen-bond acceptors (Lipinski definition) is 4. The molecule has 1 atom stereocenters. The van der Waals surface area contributed by atoms with Crippen LogP contribution in [0.3, 0.4) is 0 Å². The minimum atomic E-state index is 0.526. The first kappa shape index (κ1) is 15.8. The second-order valence-corrected chi connectivity index (χ2v) is 7.70. The van der Waals surface area contributed by atoms with Crippen molar-refractivity contribution >= 4 is 40.2 Å². The summed E-state index contributed by atoms with van der Waals surface area (Å²) >= 11 is 9.63. The van der Waals surface area contributed by atoms with E-state index in [2.05, 4.69) is 29.3 Å². The maximum absolute atomic E-state index is 5.91. The molecule has 0 aromatic heterocycles. The van der Waals surface area contributed by atoms with Gasteiger partial charge in [-0.1, -0.05) is 11.6 Å².